The van der Waals surface area contributed by atoms with E-state index in [1.807, 2.05) is 0 Å². The number of hydrogen-bond donors (Lipinski definition) is 1. The van der Waals surface area contributed by atoms with Gasteiger partial charge in [-0.15, -0.1) is 0 Å². The second kappa shape index (κ2) is 3.28. The van der Waals surface area contributed by atoms with E-state index in [1.54, 1.807) is 0 Å². The zero-order valence-corrected chi connectivity index (χ0v) is 8.09. The van der Waals surface area contributed by atoms with Crippen LogP contribution in [0.4, 0.5) is 11.4 Å². The van der Waals surface area contributed by atoms with Crippen molar-refractivity contribution in [2.75, 3.05) is 5.73 Å². The van der Waals surface area contributed by atoms with Crippen molar-refractivity contribution in [3.05, 3.63) is 31.7 Å². The van der Waals surface area contributed by atoms with Gasteiger partial charge in [-0.3, -0.25) is 10.1 Å². The Bertz CT molecular complexity index is 343. The number of rotatable bonds is 1. The van der Waals surface area contributed by atoms with E-state index in [4.69, 9.17) is 17.3 Å². The van der Waals surface area contributed by atoms with Crippen molar-refractivity contribution in [2.24, 2.45) is 0 Å². The van der Waals surface area contributed by atoms with E-state index in [-0.39, 0.29) is 16.4 Å². The van der Waals surface area contributed by atoms with Gasteiger partial charge in [-0.1, -0.05) is 11.6 Å². The Kier molecular flexibility index (Phi) is 2.54. The van der Waals surface area contributed by atoms with Gasteiger partial charge in [0.1, 0.15) is 5.69 Å². The van der Waals surface area contributed by atoms with Crippen molar-refractivity contribution in [3.8, 4) is 0 Å². The lowest BCUT2D eigenvalue weighted by Gasteiger charge is -2.00. The highest BCUT2D eigenvalue weighted by Crippen LogP contribution is 2.34. The highest BCUT2D eigenvalue weighted by molar-refractivity contribution is 9.10. The summed E-state index contributed by atoms with van der Waals surface area (Å²) in [6.45, 7) is 0. The fourth-order valence-electron chi connectivity index (χ4n) is 0.715. The highest BCUT2D eigenvalue weighted by Gasteiger charge is 2.15. The minimum Gasteiger partial charge on any atom is -0.392 e. The predicted octanol–water partition coefficient (Wildman–Crippen LogP) is 2.59. The van der Waals surface area contributed by atoms with Gasteiger partial charge in [-0.25, -0.2) is 0 Å². The van der Waals surface area contributed by atoms with Crippen molar-refractivity contribution in [3.63, 3.8) is 0 Å². The lowest BCUT2D eigenvalue weighted by molar-refractivity contribution is -0.383. The summed E-state index contributed by atoms with van der Waals surface area (Å²) < 4.78 is 0.548. The zero-order valence-electron chi connectivity index (χ0n) is 5.75. The summed E-state index contributed by atoms with van der Waals surface area (Å²) in [4.78, 5) is 9.76. The fraction of sp³-hybridized carbons (Fsp3) is 0. The molecule has 0 amide bonds. The van der Waals surface area contributed by atoms with Gasteiger partial charge in [0.05, 0.1) is 9.95 Å². The molecule has 0 saturated carbocycles. The molecule has 12 heavy (non-hydrogen) atoms. The fourth-order valence-corrected chi connectivity index (χ4v) is 1.22. The van der Waals surface area contributed by atoms with Gasteiger partial charge in [-0.2, -0.15) is 0 Å². The van der Waals surface area contributed by atoms with Crippen LogP contribution in [0, 0.1) is 10.1 Å². The van der Waals surface area contributed by atoms with Crippen LogP contribution in [0.25, 0.3) is 0 Å². The molecule has 0 radical (unpaired) electrons. The van der Waals surface area contributed by atoms with Crippen LogP contribution in [0.5, 0.6) is 0 Å². The molecular formula is C6H4BrClN2O2. The predicted molar refractivity (Wildman–Crippen MR) is 50.2 cm³/mol. The monoisotopic (exact) mass is 250 g/mol. The minimum absolute atomic E-state index is 0.0176. The largest absolute Gasteiger partial charge is 0.392 e. The van der Waals surface area contributed by atoms with E-state index >= 15 is 0 Å². The molecule has 2 N–H and O–H groups in total. The summed E-state index contributed by atoms with van der Waals surface area (Å²) >= 11 is 8.75. The molecule has 0 heterocycles. The molecule has 0 unspecified atom stereocenters. The third-order valence-electron chi connectivity index (χ3n) is 1.31. The van der Waals surface area contributed by atoms with Crippen LogP contribution in [0.2, 0.25) is 5.02 Å². The van der Waals surface area contributed by atoms with Gasteiger partial charge in [0.2, 0.25) is 0 Å². The third-order valence-corrected chi connectivity index (χ3v) is 2.60. The van der Waals surface area contributed by atoms with Crippen molar-refractivity contribution in [1.29, 1.82) is 0 Å². The minimum atomic E-state index is -0.576. The van der Waals surface area contributed by atoms with Crippen molar-refractivity contribution in [2.45, 2.75) is 0 Å². The summed E-state index contributed by atoms with van der Waals surface area (Å²) in [5.74, 6) is 0. The van der Waals surface area contributed by atoms with Gasteiger partial charge < -0.3 is 5.73 Å². The number of nitro groups is 1. The van der Waals surface area contributed by atoms with Crippen LogP contribution in [0.1, 0.15) is 0 Å². The van der Waals surface area contributed by atoms with Crippen LogP contribution >= 0.6 is 27.5 Å². The number of nitrogens with zero attached hydrogens (tertiary/aromatic N) is 1. The standard InChI is InChI=1S/C6H4BrClN2O2/c7-3-1-2-4(10(11)12)6(9)5(3)8/h1-2H,9H2. The van der Waals surface area contributed by atoms with E-state index in [2.05, 4.69) is 15.9 Å². The van der Waals surface area contributed by atoms with Crippen molar-refractivity contribution >= 4 is 38.9 Å². The molecule has 0 atom stereocenters. The average molecular weight is 251 g/mol. The molecule has 0 aliphatic carbocycles. The van der Waals surface area contributed by atoms with E-state index in [9.17, 15) is 10.1 Å². The second-order valence-corrected chi connectivity index (χ2v) is 3.28. The summed E-state index contributed by atoms with van der Waals surface area (Å²) in [5.41, 5.74) is 5.19. The zero-order chi connectivity index (χ0) is 9.30. The highest BCUT2D eigenvalue weighted by atomic mass is 79.9. The van der Waals surface area contributed by atoms with E-state index in [0.29, 0.717) is 4.47 Å². The number of halogens is 2. The van der Waals surface area contributed by atoms with Crippen LogP contribution < -0.4 is 5.73 Å². The molecule has 0 bridgehead atoms. The maximum absolute atomic E-state index is 10.3. The maximum atomic E-state index is 10.3. The SMILES string of the molecule is Nc1c([N+](=O)[O-])ccc(Br)c1Cl. The number of anilines is 1. The molecule has 0 aliphatic rings. The molecule has 0 saturated heterocycles. The first kappa shape index (κ1) is 9.28. The first-order valence-electron chi connectivity index (χ1n) is 2.92. The molecule has 0 aliphatic heterocycles. The molecule has 64 valence electrons. The van der Waals surface area contributed by atoms with Crippen LogP contribution in [0.15, 0.2) is 16.6 Å². The second-order valence-electron chi connectivity index (χ2n) is 2.05. The lowest BCUT2D eigenvalue weighted by Crippen LogP contribution is -1.96. The quantitative estimate of drug-likeness (QED) is 0.474. The maximum Gasteiger partial charge on any atom is 0.293 e. The van der Waals surface area contributed by atoms with Crippen LogP contribution in [-0.2, 0) is 0 Å². The summed E-state index contributed by atoms with van der Waals surface area (Å²) in [7, 11) is 0. The molecule has 0 spiro atoms. The van der Waals surface area contributed by atoms with E-state index in [1.165, 1.54) is 12.1 Å². The normalized spacial score (nSPS) is 9.83. The smallest absolute Gasteiger partial charge is 0.293 e. The summed E-state index contributed by atoms with van der Waals surface area (Å²) in [6, 6.07) is 2.78. The Morgan fingerprint density at radius 1 is 1.58 bits per heavy atom. The Balaban J connectivity index is 3.36. The summed E-state index contributed by atoms with van der Waals surface area (Å²) in [5, 5.41) is 10.5. The Labute approximate surface area is 81.6 Å². The van der Waals surface area contributed by atoms with Gasteiger partial charge in [0.25, 0.3) is 5.69 Å². The first-order valence-corrected chi connectivity index (χ1v) is 4.09. The van der Waals surface area contributed by atoms with Gasteiger partial charge >= 0.3 is 0 Å². The summed E-state index contributed by atoms with van der Waals surface area (Å²) in [6.07, 6.45) is 0. The number of nitro benzene ring substituents is 1. The molecule has 6 heteroatoms. The van der Waals surface area contributed by atoms with Crippen LogP contribution in [0.3, 0.4) is 0 Å². The molecule has 0 fully saturated rings. The number of hydrogen-bond acceptors (Lipinski definition) is 3. The average Bonchev–Trinajstić information content (AvgIpc) is 2.00. The van der Waals surface area contributed by atoms with E-state index in [0.717, 1.165) is 0 Å². The Morgan fingerprint density at radius 2 is 2.17 bits per heavy atom. The van der Waals surface area contributed by atoms with Crippen LogP contribution in [-0.4, -0.2) is 4.92 Å². The molecule has 4 nitrogen and oxygen atoms in total. The van der Waals surface area contributed by atoms with Crippen molar-refractivity contribution < 1.29 is 4.92 Å². The molecule has 1 rings (SSSR count). The van der Waals surface area contributed by atoms with Gasteiger partial charge in [0, 0.05) is 10.5 Å². The first-order chi connectivity index (χ1) is 5.54. The lowest BCUT2D eigenvalue weighted by atomic mass is 10.3. The van der Waals surface area contributed by atoms with Gasteiger partial charge in [-0.05, 0) is 22.0 Å². The molecular weight excluding hydrogens is 247 g/mol. The Morgan fingerprint density at radius 3 is 2.67 bits per heavy atom. The molecule has 1 aromatic carbocycles. The Hall–Kier alpha value is -0.810. The third kappa shape index (κ3) is 1.51. The topological polar surface area (TPSA) is 69.2 Å². The van der Waals surface area contributed by atoms with Gasteiger partial charge in [0.15, 0.2) is 0 Å². The number of nitrogen functional groups attached to an aromatic ring is 1. The van der Waals surface area contributed by atoms with Crippen molar-refractivity contribution in [1.82, 2.24) is 0 Å². The number of nitrogens with two attached hydrogens (primary N) is 1. The molecule has 0 aromatic heterocycles. The molecule has 1 aromatic rings. The van der Waals surface area contributed by atoms with E-state index < -0.39 is 4.92 Å². The number of benzene rings is 1.